The monoisotopic (exact) mass is 506 g/mol. The Morgan fingerprint density at radius 2 is 1.79 bits per heavy atom. The number of carbonyl (C=O) groups is 2. The molecule has 6 nitrogen and oxygen atoms in total. The van der Waals surface area contributed by atoms with E-state index in [0.717, 1.165) is 15.1 Å². The predicted octanol–water partition coefficient (Wildman–Crippen LogP) is 3.53. The molecule has 0 bridgehead atoms. The van der Waals surface area contributed by atoms with E-state index in [0.29, 0.717) is 23.7 Å². The van der Waals surface area contributed by atoms with Gasteiger partial charge in [-0.2, -0.15) is 0 Å². The van der Waals surface area contributed by atoms with Crippen molar-refractivity contribution in [3.63, 3.8) is 0 Å². The second kappa shape index (κ2) is 9.83. The van der Waals surface area contributed by atoms with E-state index >= 15 is 0 Å². The van der Waals surface area contributed by atoms with Gasteiger partial charge in [-0.15, -0.1) is 10.2 Å². The molecule has 0 saturated carbocycles. The number of nitrogens with zero attached hydrogens (tertiary/aromatic N) is 3. The summed E-state index contributed by atoms with van der Waals surface area (Å²) in [5.74, 6) is 0.980. The number of halogens is 1. The van der Waals surface area contributed by atoms with Crippen molar-refractivity contribution in [3.8, 4) is 5.69 Å². The molecule has 0 aliphatic heterocycles. The summed E-state index contributed by atoms with van der Waals surface area (Å²) in [5, 5.41) is 12.0. The first kappa shape index (κ1) is 20.5. The van der Waals surface area contributed by atoms with Crippen LogP contribution < -0.4 is 5.32 Å². The first-order valence-electron chi connectivity index (χ1n) is 8.70. The number of thioether (sulfide) groups is 1. The maximum absolute atomic E-state index is 12.5. The fraction of sp³-hybridized carbons (Fsp3) is 0.200. The number of hydrogen-bond donors (Lipinski definition) is 1. The van der Waals surface area contributed by atoms with Crippen LogP contribution in [0.5, 0.6) is 0 Å². The van der Waals surface area contributed by atoms with Crippen molar-refractivity contribution in [2.24, 2.45) is 0 Å². The number of benzene rings is 2. The quantitative estimate of drug-likeness (QED) is 0.288. The number of Topliss-reactive ketones (excluding diaryl/α,β-unsaturated/α-hetero) is 1. The van der Waals surface area contributed by atoms with Crippen molar-refractivity contribution in [3.05, 3.63) is 69.6 Å². The van der Waals surface area contributed by atoms with Gasteiger partial charge in [-0.1, -0.05) is 42.1 Å². The third-order valence-corrected chi connectivity index (χ3v) is 5.58. The van der Waals surface area contributed by atoms with E-state index in [-0.39, 0.29) is 17.4 Å². The molecule has 0 spiro atoms. The Bertz CT molecular complexity index is 958. The first-order chi connectivity index (χ1) is 13.5. The van der Waals surface area contributed by atoms with Gasteiger partial charge in [-0.3, -0.25) is 14.2 Å². The zero-order valence-electron chi connectivity index (χ0n) is 15.3. The molecule has 8 heteroatoms. The third-order valence-electron chi connectivity index (χ3n) is 3.94. The second-order valence-electron chi connectivity index (χ2n) is 6.02. The summed E-state index contributed by atoms with van der Waals surface area (Å²) >= 11 is 3.57. The predicted molar refractivity (Wildman–Crippen MR) is 118 cm³/mol. The van der Waals surface area contributed by atoms with E-state index in [9.17, 15) is 9.59 Å². The van der Waals surface area contributed by atoms with Crippen molar-refractivity contribution in [2.45, 2.75) is 18.5 Å². The summed E-state index contributed by atoms with van der Waals surface area (Å²) < 4.78 is 3.03. The number of carbonyl (C=O) groups excluding carboxylic acids is 2. The van der Waals surface area contributed by atoms with Gasteiger partial charge in [0.2, 0.25) is 5.91 Å². The van der Waals surface area contributed by atoms with Crippen LogP contribution in [0, 0.1) is 3.57 Å². The topological polar surface area (TPSA) is 76.9 Å². The lowest BCUT2D eigenvalue weighted by Crippen LogP contribution is -2.23. The van der Waals surface area contributed by atoms with Crippen molar-refractivity contribution in [2.75, 3.05) is 12.3 Å². The molecule has 28 heavy (non-hydrogen) atoms. The zero-order valence-corrected chi connectivity index (χ0v) is 18.2. The standard InChI is InChI=1S/C20H19IN4O2S/c1-14(26)22-12-11-19-23-24-20(25(19)17-5-3-2-4-6-17)28-13-18(27)15-7-9-16(21)10-8-15/h2-10H,11-13H2,1H3,(H,22,26). The highest BCUT2D eigenvalue weighted by molar-refractivity contribution is 14.1. The van der Waals surface area contributed by atoms with Crippen molar-refractivity contribution < 1.29 is 9.59 Å². The number of aromatic nitrogens is 3. The highest BCUT2D eigenvalue weighted by atomic mass is 127. The Labute approximate surface area is 181 Å². The summed E-state index contributed by atoms with van der Waals surface area (Å²) in [5.41, 5.74) is 1.61. The highest BCUT2D eigenvalue weighted by Gasteiger charge is 2.16. The smallest absolute Gasteiger partial charge is 0.216 e. The van der Waals surface area contributed by atoms with Gasteiger partial charge < -0.3 is 5.32 Å². The van der Waals surface area contributed by atoms with E-state index in [1.807, 2.05) is 59.2 Å². The van der Waals surface area contributed by atoms with E-state index in [2.05, 4.69) is 38.1 Å². The van der Waals surface area contributed by atoms with Crippen LogP contribution in [0.15, 0.2) is 59.8 Å². The molecule has 1 aromatic heterocycles. The Balaban J connectivity index is 1.78. The molecule has 0 aliphatic carbocycles. The molecule has 0 fully saturated rings. The van der Waals surface area contributed by atoms with Crippen LogP contribution in [0.25, 0.3) is 5.69 Å². The highest BCUT2D eigenvalue weighted by Crippen LogP contribution is 2.23. The van der Waals surface area contributed by atoms with E-state index in [4.69, 9.17) is 0 Å². The van der Waals surface area contributed by atoms with E-state index < -0.39 is 0 Å². The molecule has 1 amide bonds. The minimum atomic E-state index is -0.0801. The first-order valence-corrected chi connectivity index (χ1v) is 10.8. The molecular formula is C20H19IN4O2S. The SMILES string of the molecule is CC(=O)NCCc1nnc(SCC(=O)c2ccc(I)cc2)n1-c1ccccc1. The Kier molecular flexibility index (Phi) is 7.21. The Morgan fingerprint density at radius 1 is 1.07 bits per heavy atom. The van der Waals surface area contributed by atoms with Crippen LogP contribution in [0.3, 0.4) is 0 Å². The third kappa shape index (κ3) is 5.41. The van der Waals surface area contributed by atoms with Crippen molar-refractivity contribution in [1.82, 2.24) is 20.1 Å². The van der Waals surface area contributed by atoms with Gasteiger partial charge in [0.15, 0.2) is 10.9 Å². The largest absolute Gasteiger partial charge is 0.356 e. The summed E-state index contributed by atoms with van der Waals surface area (Å²) in [6.07, 6.45) is 0.549. The van der Waals surface area contributed by atoms with E-state index in [1.54, 1.807) is 0 Å². The summed E-state index contributed by atoms with van der Waals surface area (Å²) in [6.45, 7) is 1.96. The lowest BCUT2D eigenvalue weighted by molar-refractivity contribution is -0.118. The molecule has 0 atom stereocenters. The number of hydrogen-bond acceptors (Lipinski definition) is 5. The second-order valence-corrected chi connectivity index (χ2v) is 8.21. The molecule has 0 radical (unpaired) electrons. The summed E-state index contributed by atoms with van der Waals surface area (Å²) in [6, 6.07) is 17.3. The normalized spacial score (nSPS) is 10.6. The van der Waals surface area contributed by atoms with Crippen LogP contribution in [0.2, 0.25) is 0 Å². The minimum absolute atomic E-state index is 0.0452. The van der Waals surface area contributed by atoms with Gasteiger partial charge in [0.25, 0.3) is 0 Å². The van der Waals surface area contributed by atoms with Gasteiger partial charge in [0, 0.05) is 34.7 Å². The van der Waals surface area contributed by atoms with Crippen LogP contribution >= 0.6 is 34.4 Å². The lowest BCUT2D eigenvalue weighted by atomic mass is 10.2. The van der Waals surface area contributed by atoms with Crippen LogP contribution in [-0.4, -0.2) is 38.8 Å². The zero-order chi connectivity index (χ0) is 19.9. The van der Waals surface area contributed by atoms with Crippen LogP contribution in [-0.2, 0) is 11.2 Å². The van der Waals surface area contributed by atoms with Crippen LogP contribution in [0.4, 0.5) is 0 Å². The average Bonchev–Trinajstić information content (AvgIpc) is 3.10. The molecule has 0 saturated heterocycles. The fourth-order valence-electron chi connectivity index (χ4n) is 2.59. The van der Waals surface area contributed by atoms with Gasteiger partial charge in [0.05, 0.1) is 5.75 Å². The number of ketones is 1. The molecule has 2 aromatic carbocycles. The summed E-state index contributed by atoms with van der Waals surface area (Å²) in [7, 11) is 0. The molecule has 1 N–H and O–H groups in total. The average molecular weight is 506 g/mol. The Morgan fingerprint density at radius 3 is 2.46 bits per heavy atom. The minimum Gasteiger partial charge on any atom is -0.356 e. The molecule has 3 rings (SSSR count). The van der Waals surface area contributed by atoms with Gasteiger partial charge in [-0.25, -0.2) is 0 Å². The molecule has 0 unspecified atom stereocenters. The number of para-hydroxylation sites is 1. The molecule has 0 aliphatic rings. The fourth-order valence-corrected chi connectivity index (χ4v) is 3.82. The van der Waals surface area contributed by atoms with E-state index in [1.165, 1.54) is 18.7 Å². The van der Waals surface area contributed by atoms with Gasteiger partial charge in [-0.05, 0) is 46.9 Å². The Hall–Kier alpha value is -2.20. The van der Waals surface area contributed by atoms with Gasteiger partial charge in [0.1, 0.15) is 5.82 Å². The molecule has 1 heterocycles. The van der Waals surface area contributed by atoms with Crippen molar-refractivity contribution >= 4 is 46.0 Å². The maximum Gasteiger partial charge on any atom is 0.216 e. The molecule has 144 valence electrons. The molecular weight excluding hydrogens is 487 g/mol. The summed E-state index contributed by atoms with van der Waals surface area (Å²) in [4.78, 5) is 23.6. The molecule has 3 aromatic rings. The van der Waals surface area contributed by atoms with Crippen molar-refractivity contribution in [1.29, 1.82) is 0 Å². The number of amides is 1. The number of rotatable bonds is 8. The maximum atomic E-state index is 12.5. The van der Waals surface area contributed by atoms with Gasteiger partial charge >= 0.3 is 0 Å². The lowest BCUT2D eigenvalue weighted by Gasteiger charge is -2.10. The number of nitrogens with one attached hydrogen (secondary N) is 1. The van der Waals surface area contributed by atoms with Crippen LogP contribution in [0.1, 0.15) is 23.1 Å².